The van der Waals surface area contributed by atoms with Crippen LogP contribution in [-0.4, -0.2) is 36.9 Å². The number of sulfonamides is 1. The van der Waals surface area contributed by atoms with Crippen LogP contribution < -0.4 is 0 Å². The van der Waals surface area contributed by atoms with Crippen molar-refractivity contribution in [2.24, 2.45) is 5.92 Å². The SMILES string of the molecule is CCCC1CCN(S(=O)(=O)c2cc(C(=O)O)oc2C)C1. The molecule has 0 aromatic carbocycles. The maximum Gasteiger partial charge on any atom is 0.371 e. The van der Waals surface area contributed by atoms with E-state index in [-0.39, 0.29) is 16.4 Å². The van der Waals surface area contributed by atoms with E-state index in [1.807, 2.05) is 0 Å². The van der Waals surface area contributed by atoms with Crippen LogP contribution in [0.1, 0.15) is 42.5 Å². The van der Waals surface area contributed by atoms with Crippen molar-refractivity contribution >= 4 is 16.0 Å². The first kappa shape index (κ1) is 15.1. The molecule has 0 saturated carbocycles. The standard InChI is InChI=1S/C13H19NO5S/c1-3-4-10-5-6-14(8-10)20(17,18)12-7-11(13(15)16)19-9(12)2/h7,10H,3-6,8H2,1-2H3,(H,15,16). The molecule has 7 heteroatoms. The monoisotopic (exact) mass is 301 g/mol. The third-order valence-electron chi connectivity index (χ3n) is 3.65. The number of carboxylic acids is 1. The minimum Gasteiger partial charge on any atom is -0.475 e. The molecule has 2 rings (SSSR count). The van der Waals surface area contributed by atoms with Crippen LogP contribution >= 0.6 is 0 Å². The third-order valence-corrected chi connectivity index (χ3v) is 5.62. The zero-order valence-electron chi connectivity index (χ0n) is 11.6. The van der Waals surface area contributed by atoms with Gasteiger partial charge in [0.05, 0.1) is 0 Å². The summed E-state index contributed by atoms with van der Waals surface area (Å²) in [5.41, 5.74) is 0. The average Bonchev–Trinajstić information content (AvgIpc) is 2.96. The second kappa shape index (κ2) is 5.57. The van der Waals surface area contributed by atoms with Crippen molar-refractivity contribution in [1.82, 2.24) is 4.31 Å². The van der Waals surface area contributed by atoms with Crippen LogP contribution in [0.25, 0.3) is 0 Å². The van der Waals surface area contributed by atoms with Crippen molar-refractivity contribution in [3.63, 3.8) is 0 Å². The van der Waals surface area contributed by atoms with Crippen LogP contribution in [0.15, 0.2) is 15.4 Å². The summed E-state index contributed by atoms with van der Waals surface area (Å²) in [4.78, 5) is 10.8. The van der Waals surface area contributed by atoms with Gasteiger partial charge in [-0.15, -0.1) is 0 Å². The molecule has 0 radical (unpaired) electrons. The fraction of sp³-hybridized carbons (Fsp3) is 0.615. The summed E-state index contributed by atoms with van der Waals surface area (Å²) in [6.45, 7) is 4.54. The molecule has 1 saturated heterocycles. The van der Waals surface area contributed by atoms with Gasteiger partial charge in [0.2, 0.25) is 15.8 Å². The van der Waals surface area contributed by atoms with Crippen molar-refractivity contribution in [3.8, 4) is 0 Å². The van der Waals surface area contributed by atoms with Gasteiger partial charge in [0.25, 0.3) is 0 Å². The Labute approximate surface area is 118 Å². The Morgan fingerprint density at radius 3 is 2.80 bits per heavy atom. The molecule has 1 aromatic rings. The van der Waals surface area contributed by atoms with Crippen molar-refractivity contribution in [2.45, 2.75) is 38.0 Å². The maximum atomic E-state index is 12.5. The minimum absolute atomic E-state index is 0.0351. The van der Waals surface area contributed by atoms with E-state index in [0.29, 0.717) is 19.0 Å². The highest BCUT2D eigenvalue weighted by molar-refractivity contribution is 7.89. The Balaban J connectivity index is 2.25. The van der Waals surface area contributed by atoms with Gasteiger partial charge < -0.3 is 9.52 Å². The van der Waals surface area contributed by atoms with Gasteiger partial charge in [0, 0.05) is 19.2 Å². The predicted molar refractivity (Wildman–Crippen MR) is 72.2 cm³/mol. The van der Waals surface area contributed by atoms with Gasteiger partial charge in [-0.05, 0) is 25.7 Å². The van der Waals surface area contributed by atoms with Crippen molar-refractivity contribution in [3.05, 3.63) is 17.6 Å². The average molecular weight is 301 g/mol. The molecule has 2 heterocycles. The van der Waals surface area contributed by atoms with Gasteiger partial charge in [0.1, 0.15) is 10.7 Å². The molecule has 1 unspecified atom stereocenters. The first-order valence-corrected chi connectivity index (χ1v) is 8.14. The van der Waals surface area contributed by atoms with Gasteiger partial charge in [-0.3, -0.25) is 0 Å². The van der Waals surface area contributed by atoms with E-state index in [1.54, 1.807) is 0 Å². The van der Waals surface area contributed by atoms with Crippen molar-refractivity contribution < 1.29 is 22.7 Å². The molecule has 1 atom stereocenters. The molecule has 0 aliphatic carbocycles. The van der Waals surface area contributed by atoms with E-state index in [4.69, 9.17) is 9.52 Å². The van der Waals surface area contributed by atoms with Crippen LogP contribution in [-0.2, 0) is 10.0 Å². The molecule has 6 nitrogen and oxygen atoms in total. The summed E-state index contributed by atoms with van der Waals surface area (Å²) in [6, 6.07) is 1.10. The quantitative estimate of drug-likeness (QED) is 0.899. The second-order valence-corrected chi connectivity index (χ2v) is 7.05. The summed E-state index contributed by atoms with van der Waals surface area (Å²) in [5.74, 6) is -1.09. The first-order valence-electron chi connectivity index (χ1n) is 6.70. The van der Waals surface area contributed by atoms with E-state index in [1.165, 1.54) is 11.2 Å². The maximum absolute atomic E-state index is 12.5. The third kappa shape index (κ3) is 2.73. The smallest absolute Gasteiger partial charge is 0.371 e. The van der Waals surface area contributed by atoms with E-state index >= 15 is 0 Å². The summed E-state index contributed by atoms with van der Waals surface area (Å²) in [5, 5.41) is 8.86. The number of aryl methyl sites for hydroxylation is 1. The van der Waals surface area contributed by atoms with Gasteiger partial charge in [-0.25, -0.2) is 13.2 Å². The molecule has 0 amide bonds. The van der Waals surface area contributed by atoms with Gasteiger partial charge in [-0.1, -0.05) is 13.3 Å². The molecular weight excluding hydrogens is 282 g/mol. The lowest BCUT2D eigenvalue weighted by Crippen LogP contribution is -2.29. The number of nitrogens with zero attached hydrogens (tertiary/aromatic N) is 1. The van der Waals surface area contributed by atoms with Gasteiger partial charge >= 0.3 is 5.97 Å². The zero-order valence-corrected chi connectivity index (χ0v) is 12.4. The molecule has 1 aromatic heterocycles. The topological polar surface area (TPSA) is 87.8 Å². The molecule has 0 spiro atoms. The fourth-order valence-corrected chi connectivity index (χ4v) is 4.32. The summed E-state index contributed by atoms with van der Waals surface area (Å²) in [6.07, 6.45) is 2.90. The van der Waals surface area contributed by atoms with Crippen molar-refractivity contribution in [1.29, 1.82) is 0 Å². The van der Waals surface area contributed by atoms with Gasteiger partial charge in [0.15, 0.2) is 0 Å². The first-order chi connectivity index (χ1) is 9.36. The Bertz CT molecular complexity index is 604. The highest BCUT2D eigenvalue weighted by atomic mass is 32.2. The van der Waals surface area contributed by atoms with E-state index < -0.39 is 16.0 Å². The number of hydrogen-bond acceptors (Lipinski definition) is 4. The van der Waals surface area contributed by atoms with Gasteiger partial charge in [-0.2, -0.15) is 4.31 Å². The Morgan fingerprint density at radius 1 is 1.55 bits per heavy atom. The number of carboxylic acid groups (broad SMARTS) is 1. The molecular formula is C13H19NO5S. The van der Waals surface area contributed by atoms with E-state index in [9.17, 15) is 13.2 Å². The highest BCUT2D eigenvalue weighted by Crippen LogP contribution is 2.29. The number of carbonyl (C=O) groups is 1. The predicted octanol–water partition coefficient (Wildman–Crippen LogP) is 2.10. The largest absolute Gasteiger partial charge is 0.475 e. The summed E-state index contributed by atoms with van der Waals surface area (Å²) < 4.78 is 31.4. The lowest BCUT2D eigenvalue weighted by atomic mass is 10.0. The minimum atomic E-state index is -3.66. The number of furan rings is 1. The Kier molecular flexibility index (Phi) is 4.19. The Hall–Kier alpha value is -1.34. The highest BCUT2D eigenvalue weighted by Gasteiger charge is 2.35. The van der Waals surface area contributed by atoms with Crippen LogP contribution in [0.4, 0.5) is 0 Å². The molecule has 20 heavy (non-hydrogen) atoms. The molecule has 1 aliphatic heterocycles. The number of hydrogen-bond donors (Lipinski definition) is 1. The van der Waals surface area contributed by atoms with Crippen LogP contribution in [0.3, 0.4) is 0 Å². The fourth-order valence-electron chi connectivity index (χ4n) is 2.63. The van der Waals surface area contributed by atoms with E-state index in [2.05, 4.69) is 6.92 Å². The van der Waals surface area contributed by atoms with Crippen LogP contribution in [0, 0.1) is 12.8 Å². The molecule has 1 fully saturated rings. The molecule has 112 valence electrons. The summed E-state index contributed by atoms with van der Waals surface area (Å²) in [7, 11) is -3.66. The lowest BCUT2D eigenvalue weighted by Gasteiger charge is -2.15. The second-order valence-electron chi connectivity index (χ2n) is 5.14. The molecule has 1 N–H and O–H groups in total. The molecule has 1 aliphatic rings. The Morgan fingerprint density at radius 2 is 2.25 bits per heavy atom. The van der Waals surface area contributed by atoms with Crippen molar-refractivity contribution in [2.75, 3.05) is 13.1 Å². The number of rotatable bonds is 5. The molecule has 0 bridgehead atoms. The van der Waals surface area contributed by atoms with Crippen LogP contribution in [0.2, 0.25) is 0 Å². The zero-order chi connectivity index (χ0) is 14.9. The lowest BCUT2D eigenvalue weighted by molar-refractivity contribution is 0.0661. The van der Waals surface area contributed by atoms with E-state index in [0.717, 1.165) is 25.3 Å². The normalized spacial score (nSPS) is 20.4. The number of aromatic carboxylic acids is 1. The van der Waals surface area contributed by atoms with Crippen LogP contribution in [0.5, 0.6) is 0 Å². The summed E-state index contributed by atoms with van der Waals surface area (Å²) >= 11 is 0.